The lowest BCUT2D eigenvalue weighted by Crippen LogP contribution is -2.35. The minimum atomic E-state index is -0.497. The number of carbonyl (C=O) groups excluding carboxylic acids is 1. The van der Waals surface area contributed by atoms with Gasteiger partial charge in [0, 0.05) is 37.2 Å². The fourth-order valence-electron chi connectivity index (χ4n) is 2.00. The summed E-state index contributed by atoms with van der Waals surface area (Å²) in [6.07, 6.45) is 4.09. The van der Waals surface area contributed by atoms with E-state index >= 15 is 0 Å². The number of amides is 1. The van der Waals surface area contributed by atoms with Crippen molar-refractivity contribution < 1.29 is 9.63 Å². The average Bonchev–Trinajstić information content (AvgIpc) is 3.17. The van der Waals surface area contributed by atoms with Crippen molar-refractivity contribution in [3.63, 3.8) is 0 Å². The van der Waals surface area contributed by atoms with Gasteiger partial charge < -0.3 is 10.2 Å². The number of carbonyl (C=O) groups is 1. The molecule has 0 saturated heterocycles. The fraction of sp³-hybridized carbons (Fsp3) is 0.357. The summed E-state index contributed by atoms with van der Waals surface area (Å²) < 4.78 is 0. The summed E-state index contributed by atoms with van der Waals surface area (Å²) >= 11 is 1.50. The van der Waals surface area contributed by atoms with E-state index in [4.69, 9.17) is 4.84 Å². The number of nitrogens with zero attached hydrogens (tertiary/aromatic N) is 4. The van der Waals surface area contributed by atoms with E-state index in [1.165, 1.54) is 11.3 Å². The topological polar surface area (TPSA) is 89.4 Å². The predicted octanol–water partition coefficient (Wildman–Crippen LogP) is 1.42. The number of nitrogens with one attached hydrogen (secondary N) is 1. The first-order valence-corrected chi connectivity index (χ1v) is 7.79. The molecule has 7 nitrogen and oxygen atoms in total. The summed E-state index contributed by atoms with van der Waals surface area (Å²) in [4.78, 5) is 29.7. The summed E-state index contributed by atoms with van der Waals surface area (Å²) in [6, 6.07) is 1.77. The van der Waals surface area contributed by atoms with Gasteiger partial charge in [-0.1, -0.05) is 5.16 Å². The lowest BCUT2D eigenvalue weighted by molar-refractivity contribution is -0.131. The molecule has 1 N–H and O–H groups in total. The van der Waals surface area contributed by atoms with Crippen LogP contribution in [0.3, 0.4) is 0 Å². The van der Waals surface area contributed by atoms with Gasteiger partial charge in [0.1, 0.15) is 0 Å². The van der Waals surface area contributed by atoms with Gasteiger partial charge in [-0.25, -0.2) is 15.0 Å². The molecular formula is C14H15N5O2S. The van der Waals surface area contributed by atoms with Crippen LogP contribution in [0.25, 0.3) is 10.8 Å². The molecule has 0 fully saturated rings. The van der Waals surface area contributed by atoms with Crippen LogP contribution in [0.5, 0.6) is 0 Å². The highest BCUT2D eigenvalue weighted by Crippen LogP contribution is 2.19. The van der Waals surface area contributed by atoms with Gasteiger partial charge >= 0.3 is 0 Å². The Morgan fingerprint density at radius 3 is 3.00 bits per heavy atom. The first kappa shape index (κ1) is 14.6. The Morgan fingerprint density at radius 1 is 1.45 bits per heavy atom. The molecule has 8 heteroatoms. The maximum absolute atomic E-state index is 11.9. The van der Waals surface area contributed by atoms with Gasteiger partial charge in [-0.05, 0) is 13.0 Å². The number of rotatable bonds is 5. The monoisotopic (exact) mass is 317 g/mol. The Balaban J connectivity index is 1.48. The third-order valence-corrected chi connectivity index (χ3v) is 3.99. The minimum Gasteiger partial charge on any atom is -0.382 e. The number of hydrogen-bond donors (Lipinski definition) is 1. The SMILES string of the molecule is CC1=NOC(C(=O)NCCc2csc(-c3ncccn3)n2)C1. The molecule has 2 aromatic heterocycles. The van der Waals surface area contributed by atoms with E-state index in [9.17, 15) is 4.79 Å². The molecule has 3 rings (SSSR count). The molecule has 0 bridgehead atoms. The molecule has 3 heterocycles. The van der Waals surface area contributed by atoms with Crippen molar-refractivity contribution in [1.29, 1.82) is 0 Å². The van der Waals surface area contributed by atoms with Crippen molar-refractivity contribution in [2.45, 2.75) is 25.9 Å². The molecule has 1 amide bonds. The van der Waals surface area contributed by atoms with Crippen LogP contribution in [-0.2, 0) is 16.1 Å². The molecule has 0 aromatic carbocycles. The predicted molar refractivity (Wildman–Crippen MR) is 82.5 cm³/mol. The third kappa shape index (κ3) is 3.45. The zero-order valence-corrected chi connectivity index (χ0v) is 12.8. The van der Waals surface area contributed by atoms with Crippen molar-refractivity contribution in [3.05, 3.63) is 29.5 Å². The van der Waals surface area contributed by atoms with Crippen molar-refractivity contribution in [2.24, 2.45) is 5.16 Å². The van der Waals surface area contributed by atoms with E-state index in [2.05, 4.69) is 25.4 Å². The highest BCUT2D eigenvalue weighted by Gasteiger charge is 2.25. The summed E-state index contributed by atoms with van der Waals surface area (Å²) in [5.41, 5.74) is 1.75. The molecular weight excluding hydrogens is 302 g/mol. The van der Waals surface area contributed by atoms with E-state index in [1.807, 2.05) is 12.3 Å². The Bertz CT molecular complexity index is 686. The van der Waals surface area contributed by atoms with Gasteiger partial charge in [0.05, 0.1) is 11.4 Å². The highest BCUT2D eigenvalue weighted by atomic mass is 32.1. The second-order valence-corrected chi connectivity index (χ2v) is 5.74. The molecule has 22 heavy (non-hydrogen) atoms. The molecule has 2 aromatic rings. The zero-order chi connectivity index (χ0) is 15.4. The van der Waals surface area contributed by atoms with Crippen LogP contribution in [0, 0.1) is 0 Å². The number of hydrogen-bond acceptors (Lipinski definition) is 7. The second-order valence-electron chi connectivity index (χ2n) is 4.88. The smallest absolute Gasteiger partial charge is 0.264 e. The van der Waals surface area contributed by atoms with Crippen LogP contribution >= 0.6 is 11.3 Å². The molecule has 0 aliphatic carbocycles. The van der Waals surface area contributed by atoms with E-state index in [0.717, 1.165) is 16.4 Å². The maximum Gasteiger partial charge on any atom is 0.264 e. The number of oxime groups is 1. The van der Waals surface area contributed by atoms with Gasteiger partial charge in [-0.15, -0.1) is 11.3 Å². The van der Waals surface area contributed by atoms with Gasteiger partial charge in [0.15, 0.2) is 10.8 Å². The van der Waals surface area contributed by atoms with Crippen LogP contribution in [0.2, 0.25) is 0 Å². The molecule has 114 valence electrons. The Labute approximate surface area is 131 Å². The third-order valence-electron chi connectivity index (χ3n) is 3.10. The quantitative estimate of drug-likeness (QED) is 0.901. The van der Waals surface area contributed by atoms with Gasteiger partial charge in [-0.3, -0.25) is 4.79 Å². The van der Waals surface area contributed by atoms with Crippen molar-refractivity contribution in [3.8, 4) is 10.8 Å². The normalized spacial score (nSPS) is 17.0. The summed E-state index contributed by atoms with van der Waals surface area (Å²) in [5, 5.41) is 9.35. The molecule has 1 aliphatic rings. The van der Waals surface area contributed by atoms with Crippen LogP contribution in [0.1, 0.15) is 19.0 Å². The lowest BCUT2D eigenvalue weighted by atomic mass is 10.2. The van der Waals surface area contributed by atoms with Gasteiger partial charge in [-0.2, -0.15) is 0 Å². The highest BCUT2D eigenvalue weighted by molar-refractivity contribution is 7.13. The lowest BCUT2D eigenvalue weighted by Gasteiger charge is -2.08. The van der Waals surface area contributed by atoms with Crippen LogP contribution in [0.15, 0.2) is 29.0 Å². The Hall–Kier alpha value is -2.35. The maximum atomic E-state index is 11.9. The Morgan fingerprint density at radius 2 is 2.27 bits per heavy atom. The van der Waals surface area contributed by atoms with Crippen LogP contribution in [-0.4, -0.2) is 39.2 Å². The largest absolute Gasteiger partial charge is 0.382 e. The van der Waals surface area contributed by atoms with Gasteiger partial charge in [0.2, 0.25) is 6.10 Å². The standard InChI is InChI=1S/C14H15N5O2S/c1-9-7-11(21-19-9)13(20)17-6-3-10-8-22-14(18-10)12-15-4-2-5-16-12/h2,4-5,8,11H,3,6-7H2,1H3,(H,17,20). The first-order valence-electron chi connectivity index (χ1n) is 6.91. The molecule has 1 atom stereocenters. The van der Waals surface area contributed by atoms with E-state index in [0.29, 0.717) is 25.2 Å². The average molecular weight is 317 g/mol. The summed E-state index contributed by atoms with van der Waals surface area (Å²) in [6.45, 7) is 2.35. The molecule has 0 saturated carbocycles. The molecule has 0 radical (unpaired) electrons. The summed E-state index contributed by atoms with van der Waals surface area (Å²) in [7, 11) is 0. The van der Waals surface area contributed by atoms with Crippen LogP contribution < -0.4 is 5.32 Å². The number of thiazole rings is 1. The Kier molecular flexibility index (Phi) is 4.38. The van der Waals surface area contributed by atoms with Gasteiger partial charge in [0.25, 0.3) is 5.91 Å². The van der Waals surface area contributed by atoms with E-state index in [-0.39, 0.29) is 5.91 Å². The van der Waals surface area contributed by atoms with E-state index in [1.54, 1.807) is 18.5 Å². The molecule has 1 aliphatic heterocycles. The molecule has 0 spiro atoms. The van der Waals surface area contributed by atoms with Crippen molar-refractivity contribution >= 4 is 23.0 Å². The van der Waals surface area contributed by atoms with E-state index < -0.39 is 6.10 Å². The number of aromatic nitrogens is 3. The fourth-order valence-corrected chi connectivity index (χ4v) is 2.80. The minimum absolute atomic E-state index is 0.137. The van der Waals surface area contributed by atoms with Crippen molar-refractivity contribution in [2.75, 3.05) is 6.54 Å². The first-order chi connectivity index (χ1) is 10.7. The molecule has 1 unspecified atom stereocenters. The van der Waals surface area contributed by atoms with Crippen molar-refractivity contribution in [1.82, 2.24) is 20.3 Å². The zero-order valence-electron chi connectivity index (χ0n) is 12.0. The van der Waals surface area contributed by atoms with Crippen LogP contribution in [0.4, 0.5) is 0 Å². The second kappa shape index (κ2) is 6.61. The summed E-state index contributed by atoms with van der Waals surface area (Å²) in [5.74, 6) is 0.484.